The standard InChI is InChI=1S/C19H15F3N4O2S/c1-11-10-16(23)26(29-11)18(24-14-6-2-12(3-7-14)17(27)28)25-15-8-4-13(5-9-15)19(20,21)22/h2-10,23H,1H3,(H,24,25)(H,27,28). The second kappa shape index (κ2) is 7.92. The summed E-state index contributed by atoms with van der Waals surface area (Å²) in [4.78, 5) is 16.2. The van der Waals surface area contributed by atoms with Gasteiger partial charge in [-0.15, -0.1) is 0 Å². The van der Waals surface area contributed by atoms with Crippen LogP contribution in [0.1, 0.15) is 20.8 Å². The zero-order valence-electron chi connectivity index (χ0n) is 15.0. The zero-order chi connectivity index (χ0) is 21.2. The quantitative estimate of drug-likeness (QED) is 0.424. The van der Waals surface area contributed by atoms with Crippen molar-refractivity contribution >= 4 is 34.8 Å². The number of nitrogens with one attached hydrogen (secondary N) is 2. The van der Waals surface area contributed by atoms with Gasteiger partial charge in [0.1, 0.15) is 5.49 Å². The monoisotopic (exact) mass is 420 g/mol. The highest BCUT2D eigenvalue weighted by atomic mass is 32.1. The first-order valence-electron chi connectivity index (χ1n) is 8.25. The lowest BCUT2D eigenvalue weighted by Gasteiger charge is -2.11. The Kier molecular flexibility index (Phi) is 5.55. The molecule has 0 aliphatic heterocycles. The third-order valence-corrected chi connectivity index (χ3v) is 4.76. The van der Waals surface area contributed by atoms with Crippen molar-refractivity contribution < 1.29 is 23.1 Å². The van der Waals surface area contributed by atoms with Gasteiger partial charge >= 0.3 is 12.1 Å². The molecule has 0 fully saturated rings. The summed E-state index contributed by atoms with van der Waals surface area (Å²) in [5.74, 6) is -0.858. The third-order valence-electron chi connectivity index (χ3n) is 3.80. The predicted molar refractivity (Wildman–Crippen MR) is 104 cm³/mol. The molecule has 0 saturated heterocycles. The van der Waals surface area contributed by atoms with Gasteiger partial charge in [0.2, 0.25) is 5.96 Å². The second-order valence-corrected chi connectivity index (χ2v) is 7.21. The average molecular weight is 420 g/mol. The van der Waals surface area contributed by atoms with Gasteiger partial charge in [-0.1, -0.05) is 11.5 Å². The molecule has 6 nitrogen and oxygen atoms in total. The largest absolute Gasteiger partial charge is 0.478 e. The van der Waals surface area contributed by atoms with E-state index in [1.807, 2.05) is 6.92 Å². The summed E-state index contributed by atoms with van der Waals surface area (Å²) in [7, 11) is 0. The number of halogens is 3. The number of nitrogens with zero attached hydrogens (tertiary/aromatic N) is 2. The highest BCUT2D eigenvalue weighted by Gasteiger charge is 2.29. The Bertz CT molecular complexity index is 1110. The minimum absolute atomic E-state index is 0.109. The van der Waals surface area contributed by atoms with Crippen LogP contribution < -0.4 is 10.8 Å². The molecular weight excluding hydrogens is 405 g/mol. The molecule has 0 aliphatic carbocycles. The van der Waals surface area contributed by atoms with Crippen molar-refractivity contribution in [1.82, 2.24) is 3.96 Å². The van der Waals surface area contributed by atoms with Crippen LogP contribution in [0.2, 0.25) is 0 Å². The molecule has 0 radical (unpaired) electrons. The maximum atomic E-state index is 12.8. The number of anilines is 1. The molecule has 10 heteroatoms. The van der Waals surface area contributed by atoms with E-state index in [-0.39, 0.29) is 22.7 Å². The smallest absolute Gasteiger partial charge is 0.416 e. The summed E-state index contributed by atoms with van der Waals surface area (Å²) in [5, 5.41) is 20.1. The minimum Gasteiger partial charge on any atom is -0.478 e. The van der Waals surface area contributed by atoms with Crippen LogP contribution in [0.4, 0.5) is 24.5 Å². The number of carboxylic acid groups (broad SMARTS) is 1. The van der Waals surface area contributed by atoms with Gasteiger partial charge in [0, 0.05) is 10.6 Å². The fourth-order valence-electron chi connectivity index (χ4n) is 2.42. The lowest BCUT2D eigenvalue weighted by molar-refractivity contribution is -0.137. The molecule has 0 spiro atoms. The van der Waals surface area contributed by atoms with E-state index in [2.05, 4.69) is 10.3 Å². The zero-order valence-corrected chi connectivity index (χ0v) is 15.8. The van der Waals surface area contributed by atoms with Gasteiger partial charge in [0.05, 0.1) is 16.8 Å². The summed E-state index contributed by atoms with van der Waals surface area (Å²) >= 11 is 1.24. The first-order valence-corrected chi connectivity index (χ1v) is 9.02. The van der Waals surface area contributed by atoms with Crippen LogP contribution >= 0.6 is 11.5 Å². The molecule has 3 N–H and O–H groups in total. The Morgan fingerprint density at radius 1 is 1.14 bits per heavy atom. The molecule has 0 amide bonds. The Morgan fingerprint density at radius 2 is 1.76 bits per heavy atom. The van der Waals surface area contributed by atoms with Crippen molar-refractivity contribution in [3.05, 3.63) is 76.1 Å². The van der Waals surface area contributed by atoms with Crippen molar-refractivity contribution in [1.29, 1.82) is 5.41 Å². The number of aromatic nitrogens is 1. The normalized spacial score (nSPS) is 12.1. The number of hydrogen-bond acceptors (Lipinski definition) is 4. The van der Waals surface area contributed by atoms with Gasteiger partial charge in [-0.3, -0.25) is 5.41 Å². The first-order chi connectivity index (χ1) is 13.6. The summed E-state index contributed by atoms with van der Waals surface area (Å²) in [6.07, 6.45) is -4.44. The molecule has 2 aromatic carbocycles. The number of rotatable bonds is 3. The molecule has 3 rings (SSSR count). The topological polar surface area (TPSA) is 90.5 Å². The van der Waals surface area contributed by atoms with Gasteiger partial charge in [0.25, 0.3) is 0 Å². The third kappa shape index (κ3) is 4.91. The number of carbonyl (C=O) groups is 1. The highest BCUT2D eigenvalue weighted by molar-refractivity contribution is 7.07. The van der Waals surface area contributed by atoms with Gasteiger partial charge in [0.15, 0.2) is 0 Å². The number of benzene rings is 2. The Labute approximate surface area is 167 Å². The fraction of sp³-hybridized carbons (Fsp3) is 0.105. The molecule has 0 aliphatic rings. The summed E-state index contributed by atoms with van der Waals surface area (Å²) in [5.41, 5.74) is 0.251. The van der Waals surface area contributed by atoms with Crippen molar-refractivity contribution in [3.63, 3.8) is 0 Å². The van der Waals surface area contributed by atoms with Crippen molar-refractivity contribution in [3.8, 4) is 0 Å². The van der Waals surface area contributed by atoms with Gasteiger partial charge in [-0.2, -0.15) is 13.2 Å². The molecule has 0 saturated carbocycles. The molecule has 1 aromatic heterocycles. The molecule has 150 valence electrons. The number of alkyl halides is 3. The van der Waals surface area contributed by atoms with E-state index in [1.165, 1.54) is 51.9 Å². The van der Waals surface area contributed by atoms with E-state index >= 15 is 0 Å². The number of hydrogen-bond donors (Lipinski definition) is 3. The summed E-state index contributed by atoms with van der Waals surface area (Å²) < 4.78 is 39.8. The van der Waals surface area contributed by atoms with Crippen LogP contribution in [0.25, 0.3) is 0 Å². The van der Waals surface area contributed by atoms with Gasteiger partial charge < -0.3 is 10.4 Å². The van der Waals surface area contributed by atoms with Crippen LogP contribution in [0.3, 0.4) is 0 Å². The molecule has 0 unspecified atom stereocenters. The lowest BCUT2D eigenvalue weighted by atomic mass is 10.2. The van der Waals surface area contributed by atoms with Crippen LogP contribution in [-0.2, 0) is 6.18 Å². The molecular formula is C19H15F3N4O2S. The Morgan fingerprint density at radius 3 is 2.24 bits per heavy atom. The van der Waals surface area contributed by atoms with Crippen LogP contribution in [-0.4, -0.2) is 21.0 Å². The number of aryl methyl sites for hydroxylation is 1. The van der Waals surface area contributed by atoms with Crippen molar-refractivity contribution in [2.45, 2.75) is 13.1 Å². The molecule has 29 heavy (non-hydrogen) atoms. The average Bonchev–Trinajstić information content (AvgIpc) is 2.99. The fourth-order valence-corrected chi connectivity index (χ4v) is 3.20. The first kappa shape index (κ1) is 20.3. The molecule has 0 atom stereocenters. The van der Waals surface area contributed by atoms with E-state index in [9.17, 15) is 18.0 Å². The molecule has 0 bridgehead atoms. The van der Waals surface area contributed by atoms with Crippen LogP contribution in [0.15, 0.2) is 59.6 Å². The van der Waals surface area contributed by atoms with E-state index in [1.54, 1.807) is 6.07 Å². The number of carboxylic acids is 1. The van der Waals surface area contributed by atoms with Crippen LogP contribution in [0.5, 0.6) is 0 Å². The highest BCUT2D eigenvalue weighted by Crippen LogP contribution is 2.30. The number of aromatic carboxylic acids is 1. The maximum absolute atomic E-state index is 12.8. The van der Waals surface area contributed by atoms with Crippen LogP contribution in [0, 0.1) is 12.3 Å². The van der Waals surface area contributed by atoms with E-state index in [4.69, 9.17) is 10.5 Å². The SMILES string of the molecule is Cc1cc(=N)n(C(=Nc2ccc(C(F)(F)F)cc2)Nc2ccc(C(=O)O)cc2)s1. The maximum Gasteiger partial charge on any atom is 0.416 e. The van der Waals surface area contributed by atoms with E-state index in [0.29, 0.717) is 5.69 Å². The van der Waals surface area contributed by atoms with E-state index < -0.39 is 17.7 Å². The van der Waals surface area contributed by atoms with Gasteiger partial charge in [-0.05, 0) is 61.5 Å². The minimum atomic E-state index is -4.44. The number of aliphatic imine (C=N–C) groups is 1. The van der Waals surface area contributed by atoms with E-state index in [0.717, 1.165) is 17.0 Å². The van der Waals surface area contributed by atoms with Crippen molar-refractivity contribution in [2.75, 3.05) is 5.32 Å². The summed E-state index contributed by atoms with van der Waals surface area (Å²) in [6, 6.07) is 11.9. The predicted octanol–water partition coefficient (Wildman–Crippen LogP) is 4.70. The van der Waals surface area contributed by atoms with Gasteiger partial charge in [-0.25, -0.2) is 13.7 Å². The molecule has 3 aromatic rings. The van der Waals surface area contributed by atoms with Crippen molar-refractivity contribution in [2.24, 2.45) is 4.99 Å². The summed E-state index contributed by atoms with van der Waals surface area (Å²) in [6.45, 7) is 1.82. The molecule has 1 heterocycles. The Hall–Kier alpha value is -3.40. The second-order valence-electron chi connectivity index (χ2n) is 6.01. The Balaban J connectivity index is 1.99. The lowest BCUT2D eigenvalue weighted by Crippen LogP contribution is -2.28.